The Labute approximate surface area is 121 Å². The highest BCUT2D eigenvalue weighted by atomic mass is 32.2. The van der Waals surface area contributed by atoms with Gasteiger partial charge in [-0.25, -0.2) is 0 Å². The van der Waals surface area contributed by atoms with Crippen molar-refractivity contribution in [1.82, 2.24) is 4.90 Å². The third-order valence-electron chi connectivity index (χ3n) is 4.84. The fraction of sp³-hybridized carbons (Fsp3) is 0.647. The summed E-state index contributed by atoms with van der Waals surface area (Å²) in [7, 11) is 2.34. The van der Waals surface area contributed by atoms with Crippen molar-refractivity contribution in [1.29, 1.82) is 0 Å². The molecule has 1 aliphatic carbocycles. The van der Waals surface area contributed by atoms with Crippen LogP contribution in [-0.4, -0.2) is 29.8 Å². The highest BCUT2D eigenvalue weighted by Crippen LogP contribution is 2.38. The first-order chi connectivity index (χ1) is 9.24. The van der Waals surface area contributed by atoms with Crippen molar-refractivity contribution in [2.45, 2.75) is 55.2 Å². The lowest BCUT2D eigenvalue weighted by atomic mass is 9.85. The quantitative estimate of drug-likeness (QED) is 0.813. The normalized spacial score (nSPS) is 30.6. The summed E-state index contributed by atoms with van der Waals surface area (Å²) in [5.41, 5.74) is 1.56. The molecule has 1 aliphatic heterocycles. The molecule has 1 saturated carbocycles. The van der Waals surface area contributed by atoms with Crippen LogP contribution in [0.1, 0.15) is 38.2 Å². The van der Waals surface area contributed by atoms with E-state index in [2.05, 4.69) is 54.9 Å². The lowest BCUT2D eigenvalue weighted by Gasteiger charge is -2.37. The molecule has 0 aromatic heterocycles. The zero-order valence-electron chi connectivity index (χ0n) is 12.1. The van der Waals surface area contributed by atoms with E-state index in [-0.39, 0.29) is 0 Å². The lowest BCUT2D eigenvalue weighted by molar-refractivity contribution is 0.140. The van der Waals surface area contributed by atoms with Crippen molar-refractivity contribution in [2.24, 2.45) is 5.92 Å². The van der Waals surface area contributed by atoms with Gasteiger partial charge in [0.2, 0.25) is 0 Å². The Kier molecular flexibility index (Phi) is 4.18. The lowest BCUT2D eigenvalue weighted by Crippen LogP contribution is -2.42. The Morgan fingerprint density at radius 2 is 2.00 bits per heavy atom. The van der Waals surface area contributed by atoms with Crippen LogP contribution in [0.4, 0.5) is 0 Å². The Bertz CT molecular complexity index is 406. The van der Waals surface area contributed by atoms with Gasteiger partial charge >= 0.3 is 0 Å². The van der Waals surface area contributed by atoms with E-state index < -0.39 is 0 Å². The van der Waals surface area contributed by atoms with Gasteiger partial charge < -0.3 is 4.90 Å². The van der Waals surface area contributed by atoms with Gasteiger partial charge in [-0.3, -0.25) is 0 Å². The van der Waals surface area contributed by atoms with Crippen LogP contribution < -0.4 is 0 Å². The molecule has 1 aromatic carbocycles. The van der Waals surface area contributed by atoms with Gasteiger partial charge in [-0.05, 0) is 43.9 Å². The van der Waals surface area contributed by atoms with Crippen molar-refractivity contribution >= 4 is 11.8 Å². The van der Waals surface area contributed by atoms with E-state index in [4.69, 9.17) is 0 Å². The second kappa shape index (κ2) is 5.88. The fourth-order valence-electron chi connectivity index (χ4n) is 3.76. The summed E-state index contributed by atoms with van der Waals surface area (Å²) < 4.78 is 0. The molecule has 0 bridgehead atoms. The van der Waals surface area contributed by atoms with Crippen molar-refractivity contribution in [3.63, 3.8) is 0 Å². The van der Waals surface area contributed by atoms with Gasteiger partial charge in [-0.15, -0.1) is 11.8 Å². The standard InChI is InChI=1S/C17H25NS/c1-13-7-3-5-9-16(13)18(2)12-15-11-14-8-4-6-10-17(14)19-15/h4,6,8,10,13,15-16H,3,5,7,9,11-12H2,1-2H3. The predicted octanol–water partition coefficient (Wildman–Crippen LogP) is 4.21. The van der Waals surface area contributed by atoms with E-state index >= 15 is 0 Å². The molecule has 3 atom stereocenters. The zero-order chi connectivity index (χ0) is 13.2. The fourth-order valence-corrected chi connectivity index (χ4v) is 5.16. The van der Waals surface area contributed by atoms with E-state index in [0.29, 0.717) is 0 Å². The van der Waals surface area contributed by atoms with Crippen LogP contribution in [0, 0.1) is 5.92 Å². The first kappa shape index (κ1) is 13.5. The molecule has 0 spiro atoms. The molecular weight excluding hydrogens is 250 g/mol. The Balaban J connectivity index is 1.58. The molecule has 0 amide bonds. The summed E-state index contributed by atoms with van der Waals surface area (Å²) >= 11 is 2.09. The largest absolute Gasteiger partial charge is 0.302 e. The summed E-state index contributed by atoms with van der Waals surface area (Å²) in [5.74, 6) is 0.882. The minimum atomic E-state index is 0.761. The molecule has 1 nitrogen and oxygen atoms in total. The van der Waals surface area contributed by atoms with Gasteiger partial charge in [0.25, 0.3) is 0 Å². The Morgan fingerprint density at radius 3 is 2.79 bits per heavy atom. The first-order valence-corrected chi connectivity index (χ1v) is 8.57. The molecule has 19 heavy (non-hydrogen) atoms. The molecule has 1 fully saturated rings. The predicted molar refractivity (Wildman–Crippen MR) is 83.8 cm³/mol. The minimum absolute atomic E-state index is 0.761. The number of rotatable bonds is 3. The smallest absolute Gasteiger partial charge is 0.0263 e. The maximum Gasteiger partial charge on any atom is 0.0263 e. The van der Waals surface area contributed by atoms with Crippen LogP contribution in [0.3, 0.4) is 0 Å². The molecule has 0 N–H and O–H groups in total. The molecule has 0 saturated heterocycles. The first-order valence-electron chi connectivity index (χ1n) is 7.69. The molecule has 3 rings (SSSR count). The Morgan fingerprint density at radius 1 is 1.21 bits per heavy atom. The van der Waals surface area contributed by atoms with E-state index in [1.165, 1.54) is 43.5 Å². The summed E-state index contributed by atoms with van der Waals surface area (Å²) in [6.07, 6.45) is 6.95. The molecule has 1 aromatic rings. The Hall–Kier alpha value is -0.470. The summed E-state index contributed by atoms with van der Waals surface area (Å²) in [6.45, 7) is 3.69. The molecular formula is C17H25NS. The van der Waals surface area contributed by atoms with Gasteiger partial charge in [-0.1, -0.05) is 38.0 Å². The molecule has 3 unspecified atom stereocenters. The van der Waals surface area contributed by atoms with Crippen LogP contribution in [0.2, 0.25) is 0 Å². The van der Waals surface area contributed by atoms with Crippen molar-refractivity contribution in [2.75, 3.05) is 13.6 Å². The SMILES string of the molecule is CC1CCCCC1N(C)CC1Cc2ccccc2S1. The number of hydrogen-bond acceptors (Lipinski definition) is 2. The van der Waals surface area contributed by atoms with Crippen LogP contribution in [0.25, 0.3) is 0 Å². The summed E-state index contributed by atoms with van der Waals surface area (Å²) in [6, 6.07) is 9.74. The molecule has 2 aliphatic rings. The average molecular weight is 275 g/mol. The maximum absolute atomic E-state index is 2.65. The molecule has 104 valence electrons. The van der Waals surface area contributed by atoms with Crippen LogP contribution in [0.15, 0.2) is 29.2 Å². The van der Waals surface area contributed by atoms with Gasteiger partial charge in [-0.2, -0.15) is 0 Å². The van der Waals surface area contributed by atoms with Crippen molar-refractivity contribution in [3.05, 3.63) is 29.8 Å². The van der Waals surface area contributed by atoms with Gasteiger partial charge in [0.15, 0.2) is 0 Å². The number of benzene rings is 1. The average Bonchev–Trinajstić information content (AvgIpc) is 2.81. The number of nitrogens with zero attached hydrogens (tertiary/aromatic N) is 1. The second-order valence-electron chi connectivity index (χ2n) is 6.32. The van der Waals surface area contributed by atoms with E-state index in [1.54, 1.807) is 5.56 Å². The third-order valence-corrected chi connectivity index (χ3v) is 6.14. The van der Waals surface area contributed by atoms with Crippen LogP contribution >= 0.6 is 11.8 Å². The van der Waals surface area contributed by atoms with Crippen LogP contribution in [0.5, 0.6) is 0 Å². The summed E-state index contributed by atoms with van der Waals surface area (Å²) in [4.78, 5) is 4.16. The second-order valence-corrected chi connectivity index (χ2v) is 7.66. The number of hydrogen-bond donors (Lipinski definition) is 0. The maximum atomic E-state index is 2.65. The summed E-state index contributed by atoms with van der Waals surface area (Å²) in [5, 5.41) is 0.761. The van der Waals surface area contributed by atoms with Gasteiger partial charge in [0.05, 0.1) is 0 Å². The van der Waals surface area contributed by atoms with E-state index in [9.17, 15) is 0 Å². The topological polar surface area (TPSA) is 3.24 Å². The van der Waals surface area contributed by atoms with E-state index in [1.807, 2.05) is 0 Å². The minimum Gasteiger partial charge on any atom is -0.302 e. The third kappa shape index (κ3) is 3.00. The van der Waals surface area contributed by atoms with Crippen LogP contribution in [-0.2, 0) is 6.42 Å². The van der Waals surface area contributed by atoms with Gasteiger partial charge in [0.1, 0.15) is 0 Å². The number of thioether (sulfide) groups is 1. The van der Waals surface area contributed by atoms with Crippen molar-refractivity contribution < 1.29 is 0 Å². The molecule has 1 heterocycles. The molecule has 0 radical (unpaired) electrons. The zero-order valence-corrected chi connectivity index (χ0v) is 13.0. The van der Waals surface area contributed by atoms with E-state index in [0.717, 1.165) is 17.2 Å². The molecule has 2 heteroatoms. The monoisotopic (exact) mass is 275 g/mol. The number of fused-ring (bicyclic) bond motifs is 1. The van der Waals surface area contributed by atoms with Crippen molar-refractivity contribution in [3.8, 4) is 0 Å². The highest BCUT2D eigenvalue weighted by molar-refractivity contribution is 8.00. The van der Waals surface area contributed by atoms with Gasteiger partial charge in [0, 0.05) is 22.7 Å². The highest BCUT2D eigenvalue weighted by Gasteiger charge is 2.29.